The molecule has 0 spiro atoms. The minimum Gasteiger partial charge on any atom is -0.486 e. The molecule has 1 aliphatic rings. The fourth-order valence-corrected chi connectivity index (χ4v) is 6.32. The molecule has 1 atom stereocenters. The number of carbonyl (C=O) groups is 2. The SMILES string of the molecule is CC(C)(OC(=O)Cc1ccc2c(c1)N(S(=O)(=O)c1ccc(F)cc1)C[C@H](CCC(=O)Cc1ccsc1)O2)C(F)(F)F. The van der Waals surface area contributed by atoms with E-state index in [1.807, 2.05) is 16.8 Å². The third-order valence-electron chi connectivity index (χ3n) is 6.48. The maximum atomic E-state index is 13.7. The molecule has 1 aliphatic heterocycles. The van der Waals surface area contributed by atoms with E-state index in [1.54, 1.807) is 0 Å². The van der Waals surface area contributed by atoms with Crippen molar-refractivity contribution in [3.63, 3.8) is 0 Å². The van der Waals surface area contributed by atoms with Gasteiger partial charge in [0.1, 0.15) is 23.5 Å². The first-order valence-electron chi connectivity index (χ1n) is 12.5. The number of anilines is 1. The van der Waals surface area contributed by atoms with E-state index >= 15 is 0 Å². The van der Waals surface area contributed by atoms with Crippen molar-refractivity contribution in [3.8, 4) is 5.75 Å². The van der Waals surface area contributed by atoms with Crippen molar-refractivity contribution in [1.29, 1.82) is 0 Å². The number of ketones is 1. The number of rotatable bonds is 10. The molecule has 0 saturated heterocycles. The van der Waals surface area contributed by atoms with Gasteiger partial charge in [0.15, 0.2) is 0 Å². The van der Waals surface area contributed by atoms with Gasteiger partial charge in [-0.2, -0.15) is 24.5 Å². The van der Waals surface area contributed by atoms with E-state index in [-0.39, 0.29) is 53.5 Å². The molecule has 0 radical (unpaired) electrons. The molecule has 0 unspecified atom stereocenters. The van der Waals surface area contributed by atoms with Crippen LogP contribution in [0, 0.1) is 5.82 Å². The molecule has 3 aromatic rings. The van der Waals surface area contributed by atoms with Crippen molar-refractivity contribution in [1.82, 2.24) is 0 Å². The average molecular weight is 614 g/mol. The van der Waals surface area contributed by atoms with E-state index in [0.717, 1.165) is 48.0 Å². The first-order chi connectivity index (χ1) is 19.2. The Hall–Kier alpha value is -3.45. The van der Waals surface area contributed by atoms with Crippen molar-refractivity contribution in [3.05, 3.63) is 76.2 Å². The topological polar surface area (TPSA) is 90.0 Å². The number of alkyl halides is 3. The van der Waals surface area contributed by atoms with E-state index in [0.29, 0.717) is 0 Å². The molecule has 13 heteroatoms. The van der Waals surface area contributed by atoms with Crippen LogP contribution < -0.4 is 9.04 Å². The predicted molar refractivity (Wildman–Crippen MR) is 144 cm³/mol. The molecule has 0 aliphatic carbocycles. The van der Waals surface area contributed by atoms with Crippen molar-refractivity contribution in [2.75, 3.05) is 10.8 Å². The van der Waals surface area contributed by atoms with Gasteiger partial charge < -0.3 is 9.47 Å². The van der Waals surface area contributed by atoms with Gasteiger partial charge in [0, 0.05) is 12.8 Å². The maximum Gasteiger partial charge on any atom is 0.427 e. The summed E-state index contributed by atoms with van der Waals surface area (Å²) < 4.78 is 92.0. The number of halogens is 4. The standard InChI is InChI=1S/C28H27F4NO6S2/c1-27(2,28(30,31)32)39-26(35)15-18-3-10-25-24(14-18)33(41(36,37)23-8-4-20(29)5-9-23)16-22(38-25)7-6-21(34)13-19-11-12-40-17-19/h3-5,8-12,14,17,22H,6-7,13,15-16H2,1-2H3/t22-/m0/s1. The molecular formula is C28H27F4NO6S2. The second-order valence-corrected chi connectivity index (χ2v) is 12.7. The molecular weight excluding hydrogens is 586 g/mol. The van der Waals surface area contributed by atoms with Crippen molar-refractivity contribution >= 4 is 38.8 Å². The van der Waals surface area contributed by atoms with E-state index < -0.39 is 46.1 Å². The highest BCUT2D eigenvalue weighted by molar-refractivity contribution is 7.92. The van der Waals surface area contributed by atoms with Gasteiger partial charge in [0.25, 0.3) is 10.0 Å². The van der Waals surface area contributed by atoms with Crippen LogP contribution in [0.5, 0.6) is 5.75 Å². The van der Waals surface area contributed by atoms with Crippen LogP contribution >= 0.6 is 11.3 Å². The summed E-state index contributed by atoms with van der Waals surface area (Å²) in [5, 5.41) is 3.74. The van der Waals surface area contributed by atoms with Gasteiger partial charge in [-0.15, -0.1) is 0 Å². The van der Waals surface area contributed by atoms with Crippen LogP contribution in [0.2, 0.25) is 0 Å². The van der Waals surface area contributed by atoms with Gasteiger partial charge >= 0.3 is 12.1 Å². The number of hydrogen-bond acceptors (Lipinski definition) is 7. The fraction of sp³-hybridized carbons (Fsp3) is 0.357. The van der Waals surface area contributed by atoms with Gasteiger partial charge in [-0.1, -0.05) is 6.07 Å². The van der Waals surface area contributed by atoms with Gasteiger partial charge in [-0.05, 0) is 84.6 Å². The Labute approximate surface area is 238 Å². The molecule has 41 heavy (non-hydrogen) atoms. The monoisotopic (exact) mass is 613 g/mol. The zero-order valence-electron chi connectivity index (χ0n) is 22.1. The lowest BCUT2D eigenvalue weighted by molar-refractivity contribution is -0.257. The zero-order valence-corrected chi connectivity index (χ0v) is 23.7. The third kappa shape index (κ3) is 7.25. The molecule has 0 saturated carbocycles. The summed E-state index contributed by atoms with van der Waals surface area (Å²) in [5.41, 5.74) is -1.58. The predicted octanol–water partition coefficient (Wildman–Crippen LogP) is 5.86. The lowest BCUT2D eigenvalue weighted by atomic mass is 10.0. The second kappa shape index (κ2) is 11.8. The molecule has 2 heterocycles. The highest BCUT2D eigenvalue weighted by Gasteiger charge is 2.50. The largest absolute Gasteiger partial charge is 0.486 e. The number of carbonyl (C=O) groups excluding carboxylic acids is 2. The molecule has 0 amide bonds. The van der Waals surface area contributed by atoms with Crippen LogP contribution in [0.25, 0.3) is 0 Å². The highest BCUT2D eigenvalue weighted by atomic mass is 32.2. The van der Waals surface area contributed by atoms with Gasteiger partial charge in [0.05, 0.1) is 23.5 Å². The lowest BCUT2D eigenvalue weighted by Gasteiger charge is -2.36. The first-order valence-corrected chi connectivity index (χ1v) is 14.9. The summed E-state index contributed by atoms with van der Waals surface area (Å²) in [6.45, 7) is 1.27. The number of esters is 1. The first kappa shape index (κ1) is 30.5. The number of hydrogen-bond donors (Lipinski definition) is 0. The summed E-state index contributed by atoms with van der Waals surface area (Å²) in [7, 11) is -4.26. The number of ether oxygens (including phenoxy) is 2. The Morgan fingerprint density at radius 2 is 1.76 bits per heavy atom. The second-order valence-electron chi connectivity index (χ2n) is 10.1. The Kier molecular flexibility index (Phi) is 8.78. The quantitative estimate of drug-likeness (QED) is 0.210. The molecule has 0 fully saturated rings. The van der Waals surface area contributed by atoms with Crippen LogP contribution in [-0.4, -0.2) is 44.6 Å². The summed E-state index contributed by atoms with van der Waals surface area (Å²) in [6.07, 6.45) is -5.44. The molecule has 220 valence electrons. The van der Waals surface area contributed by atoms with Crippen LogP contribution in [-0.2, 0) is 37.2 Å². The van der Waals surface area contributed by atoms with E-state index in [9.17, 15) is 35.6 Å². The van der Waals surface area contributed by atoms with E-state index in [2.05, 4.69) is 4.74 Å². The van der Waals surface area contributed by atoms with Crippen LogP contribution in [0.3, 0.4) is 0 Å². The Bertz CT molecular complexity index is 1500. The fourth-order valence-electron chi connectivity index (χ4n) is 4.16. The van der Waals surface area contributed by atoms with Crippen molar-refractivity contribution in [2.24, 2.45) is 0 Å². The molecule has 4 rings (SSSR count). The molecule has 2 aromatic carbocycles. The maximum absolute atomic E-state index is 13.7. The number of fused-ring (bicyclic) bond motifs is 1. The average Bonchev–Trinajstić information content (AvgIpc) is 3.39. The minimum atomic E-state index is -4.79. The molecule has 0 bridgehead atoms. The number of benzene rings is 2. The lowest BCUT2D eigenvalue weighted by Crippen LogP contribution is -2.44. The summed E-state index contributed by atoms with van der Waals surface area (Å²) in [4.78, 5) is 24.6. The number of sulfonamides is 1. The normalized spacial score (nSPS) is 15.7. The van der Waals surface area contributed by atoms with Crippen LogP contribution in [0.15, 0.2) is 64.2 Å². The van der Waals surface area contributed by atoms with Gasteiger partial charge in [0.2, 0.25) is 5.60 Å². The molecule has 7 nitrogen and oxygen atoms in total. The molecule has 1 aromatic heterocycles. The van der Waals surface area contributed by atoms with E-state index in [4.69, 9.17) is 4.74 Å². The molecule has 0 N–H and O–H groups in total. The number of nitrogens with zero attached hydrogens (tertiary/aromatic N) is 1. The Morgan fingerprint density at radius 1 is 1.05 bits per heavy atom. The highest BCUT2D eigenvalue weighted by Crippen LogP contribution is 2.39. The van der Waals surface area contributed by atoms with Crippen LogP contribution in [0.1, 0.15) is 37.8 Å². The van der Waals surface area contributed by atoms with Crippen molar-refractivity contribution < 1.29 is 45.0 Å². The summed E-state index contributed by atoms with van der Waals surface area (Å²) in [5.74, 6) is -1.68. The van der Waals surface area contributed by atoms with Crippen LogP contribution in [0.4, 0.5) is 23.2 Å². The Balaban J connectivity index is 1.59. The Morgan fingerprint density at radius 3 is 2.39 bits per heavy atom. The summed E-state index contributed by atoms with van der Waals surface area (Å²) >= 11 is 1.48. The zero-order chi connectivity index (χ0) is 30.0. The number of thiophene rings is 1. The van der Waals surface area contributed by atoms with Gasteiger partial charge in [-0.3, -0.25) is 13.9 Å². The minimum absolute atomic E-state index is 0.0404. The van der Waals surface area contributed by atoms with Gasteiger partial charge in [-0.25, -0.2) is 12.8 Å². The smallest absolute Gasteiger partial charge is 0.427 e. The third-order valence-corrected chi connectivity index (χ3v) is 9.01. The van der Waals surface area contributed by atoms with E-state index in [1.165, 1.54) is 29.5 Å². The number of Topliss-reactive ketones (excluding diaryl/α,β-unsaturated/α-hetero) is 1. The summed E-state index contributed by atoms with van der Waals surface area (Å²) in [6, 6.07) is 10.3. The van der Waals surface area contributed by atoms with Crippen molar-refractivity contribution in [2.45, 2.75) is 62.3 Å².